The van der Waals surface area contributed by atoms with Gasteiger partial charge in [0.25, 0.3) is 5.91 Å². The highest BCUT2D eigenvalue weighted by Gasteiger charge is 2.37. The quantitative estimate of drug-likeness (QED) is 0.924. The van der Waals surface area contributed by atoms with Gasteiger partial charge in [-0.1, -0.05) is 17.7 Å². The molecule has 1 aromatic carbocycles. The summed E-state index contributed by atoms with van der Waals surface area (Å²) in [5.41, 5.74) is -0.168. The van der Waals surface area contributed by atoms with Crippen molar-refractivity contribution in [3.05, 3.63) is 34.3 Å². The van der Waals surface area contributed by atoms with Gasteiger partial charge in [0.1, 0.15) is 5.54 Å². The highest BCUT2D eigenvalue weighted by Crippen LogP contribution is 2.23. The van der Waals surface area contributed by atoms with E-state index >= 15 is 0 Å². The first-order chi connectivity index (χ1) is 8.73. The minimum absolute atomic E-state index is 0.310. The number of benzene rings is 1. The molecule has 1 rings (SSSR count). The maximum atomic E-state index is 12.5. The van der Waals surface area contributed by atoms with Gasteiger partial charge in [-0.3, -0.25) is 4.79 Å². The van der Waals surface area contributed by atoms with E-state index in [1.54, 1.807) is 32.0 Å². The second-order valence-electron chi connectivity index (χ2n) is 4.83. The number of halogens is 1. The number of aliphatic carboxylic acids is 1. The van der Waals surface area contributed by atoms with Crippen molar-refractivity contribution in [2.75, 3.05) is 6.54 Å². The lowest BCUT2D eigenvalue weighted by atomic mass is 10.00. The molecule has 0 saturated heterocycles. The van der Waals surface area contributed by atoms with Crippen LogP contribution >= 0.6 is 11.6 Å². The third-order valence-corrected chi connectivity index (χ3v) is 3.67. The molecule has 5 heteroatoms. The predicted octanol–water partition coefficient (Wildman–Crippen LogP) is 2.97. The molecule has 4 nitrogen and oxygen atoms in total. The number of hydrogen-bond donors (Lipinski definition) is 1. The first-order valence-electron chi connectivity index (χ1n) is 6.04. The third-order valence-electron chi connectivity index (χ3n) is 3.26. The number of likely N-dealkylation sites (N-methyl/N-ethyl adjacent to an activating group) is 1. The summed E-state index contributed by atoms with van der Waals surface area (Å²) in [6.07, 6.45) is 0. The third kappa shape index (κ3) is 2.89. The first kappa shape index (κ1) is 15.5. The van der Waals surface area contributed by atoms with E-state index in [-0.39, 0.29) is 5.91 Å². The Morgan fingerprint density at radius 2 is 1.95 bits per heavy atom. The predicted molar refractivity (Wildman–Crippen MR) is 74.6 cm³/mol. The van der Waals surface area contributed by atoms with Crippen LogP contribution in [0, 0.1) is 6.92 Å². The molecule has 1 aromatic rings. The van der Waals surface area contributed by atoms with Gasteiger partial charge in [-0.2, -0.15) is 0 Å². The Balaban J connectivity index is 3.24. The van der Waals surface area contributed by atoms with E-state index in [1.165, 1.54) is 18.7 Å². The van der Waals surface area contributed by atoms with Gasteiger partial charge < -0.3 is 10.0 Å². The van der Waals surface area contributed by atoms with Crippen molar-refractivity contribution >= 4 is 23.5 Å². The molecule has 0 heterocycles. The normalized spacial score (nSPS) is 11.2. The summed E-state index contributed by atoms with van der Waals surface area (Å²) in [5.74, 6) is -1.36. The van der Waals surface area contributed by atoms with Crippen LogP contribution in [0.5, 0.6) is 0 Å². The highest BCUT2D eigenvalue weighted by atomic mass is 35.5. The number of rotatable bonds is 4. The molecule has 0 spiro atoms. The van der Waals surface area contributed by atoms with Crippen LogP contribution in [0.1, 0.15) is 36.7 Å². The minimum Gasteiger partial charge on any atom is -0.480 e. The molecule has 0 unspecified atom stereocenters. The van der Waals surface area contributed by atoms with E-state index in [0.717, 1.165) is 0 Å². The number of hydrogen-bond acceptors (Lipinski definition) is 2. The average Bonchev–Trinajstić information content (AvgIpc) is 2.32. The Labute approximate surface area is 118 Å². The summed E-state index contributed by atoms with van der Waals surface area (Å²) in [6.45, 7) is 6.83. The maximum absolute atomic E-state index is 12.5. The molecule has 0 saturated carbocycles. The van der Waals surface area contributed by atoms with Crippen LogP contribution in [-0.2, 0) is 4.79 Å². The number of carboxylic acids is 1. The van der Waals surface area contributed by atoms with Crippen LogP contribution in [0.25, 0.3) is 0 Å². The van der Waals surface area contributed by atoms with Crippen LogP contribution in [0.4, 0.5) is 0 Å². The van der Waals surface area contributed by atoms with E-state index < -0.39 is 11.5 Å². The van der Waals surface area contributed by atoms with Gasteiger partial charge in [-0.05, 0) is 45.4 Å². The molecule has 1 N–H and O–H groups in total. The zero-order valence-corrected chi connectivity index (χ0v) is 12.3. The lowest BCUT2D eigenvalue weighted by molar-refractivity contribution is -0.147. The van der Waals surface area contributed by atoms with Crippen LogP contribution in [0.15, 0.2) is 18.2 Å². The molecule has 0 fully saturated rings. The minimum atomic E-state index is -1.26. The van der Waals surface area contributed by atoms with E-state index in [9.17, 15) is 14.7 Å². The molecule has 0 aromatic heterocycles. The molecule has 0 bridgehead atoms. The smallest absolute Gasteiger partial charge is 0.329 e. The number of carbonyl (C=O) groups excluding carboxylic acids is 1. The summed E-state index contributed by atoms with van der Waals surface area (Å²) in [5, 5.41) is 9.74. The fourth-order valence-electron chi connectivity index (χ4n) is 1.89. The zero-order chi connectivity index (χ0) is 14.8. The molecule has 0 aliphatic carbocycles. The van der Waals surface area contributed by atoms with E-state index in [0.29, 0.717) is 22.7 Å². The van der Waals surface area contributed by atoms with Crippen molar-refractivity contribution in [1.29, 1.82) is 0 Å². The van der Waals surface area contributed by atoms with Crippen molar-refractivity contribution < 1.29 is 14.7 Å². The molecule has 0 aliphatic heterocycles. The second kappa shape index (κ2) is 5.61. The van der Waals surface area contributed by atoms with E-state index in [2.05, 4.69) is 0 Å². The first-order valence-corrected chi connectivity index (χ1v) is 6.41. The van der Waals surface area contributed by atoms with Crippen molar-refractivity contribution in [3.8, 4) is 0 Å². The van der Waals surface area contributed by atoms with E-state index in [1.807, 2.05) is 0 Å². The number of nitrogens with zero attached hydrogens (tertiary/aromatic N) is 1. The fraction of sp³-hybridized carbons (Fsp3) is 0.429. The Morgan fingerprint density at radius 1 is 1.37 bits per heavy atom. The molecular weight excluding hydrogens is 266 g/mol. The maximum Gasteiger partial charge on any atom is 0.329 e. The molecular formula is C14H18ClNO3. The zero-order valence-electron chi connectivity index (χ0n) is 11.5. The van der Waals surface area contributed by atoms with Crippen LogP contribution < -0.4 is 0 Å². The largest absolute Gasteiger partial charge is 0.480 e. The molecule has 0 aliphatic rings. The van der Waals surface area contributed by atoms with E-state index in [4.69, 9.17) is 11.6 Å². The molecule has 104 valence electrons. The molecule has 0 radical (unpaired) electrons. The van der Waals surface area contributed by atoms with Crippen LogP contribution in [0.2, 0.25) is 5.02 Å². The van der Waals surface area contributed by atoms with Gasteiger partial charge in [-0.25, -0.2) is 4.79 Å². The summed E-state index contributed by atoms with van der Waals surface area (Å²) in [6, 6.07) is 5.04. The molecule has 1 amide bonds. The number of carboxylic acid groups (broad SMARTS) is 1. The summed E-state index contributed by atoms with van der Waals surface area (Å²) < 4.78 is 0. The van der Waals surface area contributed by atoms with Crippen LogP contribution in [-0.4, -0.2) is 34.0 Å². The Morgan fingerprint density at radius 3 is 2.42 bits per heavy atom. The van der Waals surface area contributed by atoms with Gasteiger partial charge in [0, 0.05) is 17.1 Å². The summed E-state index contributed by atoms with van der Waals surface area (Å²) in [4.78, 5) is 25.1. The van der Waals surface area contributed by atoms with Crippen molar-refractivity contribution in [3.63, 3.8) is 0 Å². The van der Waals surface area contributed by atoms with Gasteiger partial charge in [-0.15, -0.1) is 0 Å². The highest BCUT2D eigenvalue weighted by molar-refractivity contribution is 6.31. The van der Waals surface area contributed by atoms with Crippen molar-refractivity contribution in [2.24, 2.45) is 0 Å². The average molecular weight is 284 g/mol. The summed E-state index contributed by atoms with van der Waals surface area (Å²) in [7, 11) is 0. The Kier molecular flexibility index (Phi) is 4.58. The number of carbonyl (C=O) groups is 2. The second-order valence-corrected chi connectivity index (χ2v) is 5.23. The lowest BCUT2D eigenvalue weighted by Crippen LogP contribution is -2.53. The Bertz CT molecular complexity index is 511. The summed E-state index contributed by atoms with van der Waals surface area (Å²) >= 11 is 6.00. The molecule has 0 atom stereocenters. The standard InChI is InChI=1S/C14H18ClNO3/c1-5-16(14(3,4)13(18)19)12(17)10-7-6-8-11(15)9(10)2/h6-8H,5H2,1-4H3,(H,18,19). The van der Waals surface area contributed by atoms with Crippen molar-refractivity contribution in [1.82, 2.24) is 4.90 Å². The topological polar surface area (TPSA) is 57.6 Å². The van der Waals surface area contributed by atoms with Crippen molar-refractivity contribution in [2.45, 2.75) is 33.2 Å². The van der Waals surface area contributed by atoms with Gasteiger partial charge in [0.15, 0.2) is 0 Å². The van der Waals surface area contributed by atoms with Gasteiger partial charge >= 0.3 is 5.97 Å². The Hall–Kier alpha value is -1.55. The monoisotopic (exact) mass is 283 g/mol. The SMILES string of the molecule is CCN(C(=O)c1cccc(Cl)c1C)C(C)(C)C(=O)O. The fourth-order valence-corrected chi connectivity index (χ4v) is 2.07. The molecule has 19 heavy (non-hydrogen) atoms. The van der Waals surface area contributed by atoms with Crippen LogP contribution in [0.3, 0.4) is 0 Å². The number of amides is 1. The van der Waals surface area contributed by atoms with Gasteiger partial charge in [0.2, 0.25) is 0 Å². The van der Waals surface area contributed by atoms with Gasteiger partial charge in [0.05, 0.1) is 0 Å². The lowest BCUT2D eigenvalue weighted by Gasteiger charge is -2.34.